The summed E-state index contributed by atoms with van der Waals surface area (Å²) in [5.74, 6) is 0.129. The van der Waals surface area contributed by atoms with Crippen molar-refractivity contribution in [3.05, 3.63) is 23.8 Å². The normalized spacial score (nSPS) is 22.8. The molecule has 5 nitrogen and oxygen atoms in total. The fourth-order valence-corrected chi connectivity index (χ4v) is 2.31. The van der Waals surface area contributed by atoms with Gasteiger partial charge < -0.3 is 20.3 Å². The van der Waals surface area contributed by atoms with Gasteiger partial charge in [0.25, 0.3) is 5.91 Å². The highest BCUT2D eigenvalue weighted by Crippen LogP contribution is 2.24. The number of aromatic hydroxyl groups is 1. The van der Waals surface area contributed by atoms with Crippen molar-refractivity contribution < 1.29 is 19.7 Å². The number of methoxy groups -OCH3 is 1. The van der Waals surface area contributed by atoms with Crippen LogP contribution in [0.1, 0.15) is 36.0 Å². The van der Waals surface area contributed by atoms with E-state index < -0.39 is 0 Å². The molecule has 0 unspecified atom stereocenters. The number of carbonyl (C=O) groups excluding carboxylic acids is 1. The number of aliphatic hydroxyl groups is 1. The summed E-state index contributed by atoms with van der Waals surface area (Å²) in [6, 6.07) is 4.66. The predicted octanol–water partition coefficient (Wildman–Crippen LogP) is 1.43. The van der Waals surface area contributed by atoms with Gasteiger partial charge in [-0.1, -0.05) is 0 Å². The maximum absolute atomic E-state index is 12.0. The van der Waals surface area contributed by atoms with Crippen molar-refractivity contribution in [2.24, 2.45) is 0 Å². The average Bonchev–Trinajstić information content (AvgIpc) is 2.41. The van der Waals surface area contributed by atoms with Crippen molar-refractivity contribution in [1.29, 1.82) is 0 Å². The molecular formula is C14H19NO4. The number of phenolic OH excluding ortho intramolecular Hbond substituents is 1. The van der Waals surface area contributed by atoms with Gasteiger partial charge in [0.2, 0.25) is 0 Å². The SMILES string of the molecule is COc1ccc(C(=O)NC2CCC(O)CC2)c(O)c1. The van der Waals surface area contributed by atoms with Crippen LogP contribution in [0.2, 0.25) is 0 Å². The fourth-order valence-electron chi connectivity index (χ4n) is 2.31. The molecule has 1 aromatic carbocycles. The van der Waals surface area contributed by atoms with E-state index in [1.807, 2.05) is 0 Å². The molecule has 2 rings (SSSR count). The van der Waals surface area contributed by atoms with Crippen LogP contribution in [0.3, 0.4) is 0 Å². The van der Waals surface area contributed by atoms with Crippen LogP contribution in [-0.4, -0.2) is 35.4 Å². The third-order valence-electron chi connectivity index (χ3n) is 3.48. The van der Waals surface area contributed by atoms with Crippen LogP contribution in [0.25, 0.3) is 0 Å². The third-order valence-corrected chi connectivity index (χ3v) is 3.48. The molecule has 0 atom stereocenters. The Hall–Kier alpha value is -1.75. The molecule has 0 saturated heterocycles. The highest BCUT2D eigenvalue weighted by Gasteiger charge is 2.22. The number of rotatable bonds is 3. The third kappa shape index (κ3) is 3.38. The molecule has 1 amide bonds. The zero-order chi connectivity index (χ0) is 13.8. The van der Waals surface area contributed by atoms with Gasteiger partial charge in [-0.05, 0) is 37.8 Å². The topological polar surface area (TPSA) is 78.8 Å². The number of carbonyl (C=O) groups is 1. The van der Waals surface area contributed by atoms with Crippen molar-refractivity contribution >= 4 is 5.91 Å². The second kappa shape index (κ2) is 5.93. The molecule has 1 aliphatic rings. The molecule has 19 heavy (non-hydrogen) atoms. The second-order valence-corrected chi connectivity index (χ2v) is 4.86. The number of nitrogens with one attached hydrogen (secondary N) is 1. The molecule has 0 aliphatic heterocycles. The lowest BCUT2D eigenvalue weighted by atomic mass is 9.93. The molecule has 0 spiro atoms. The Morgan fingerprint density at radius 2 is 2.00 bits per heavy atom. The van der Waals surface area contributed by atoms with E-state index >= 15 is 0 Å². The Kier molecular flexibility index (Phi) is 4.27. The van der Waals surface area contributed by atoms with Crippen molar-refractivity contribution in [1.82, 2.24) is 5.32 Å². The predicted molar refractivity (Wildman–Crippen MR) is 70.4 cm³/mol. The lowest BCUT2D eigenvalue weighted by Gasteiger charge is -2.26. The first-order valence-electron chi connectivity index (χ1n) is 6.46. The van der Waals surface area contributed by atoms with E-state index in [1.165, 1.54) is 13.2 Å². The van der Waals surface area contributed by atoms with Gasteiger partial charge in [-0.2, -0.15) is 0 Å². The van der Waals surface area contributed by atoms with Crippen LogP contribution >= 0.6 is 0 Å². The van der Waals surface area contributed by atoms with E-state index in [4.69, 9.17) is 4.74 Å². The first-order valence-corrected chi connectivity index (χ1v) is 6.46. The Morgan fingerprint density at radius 3 is 2.58 bits per heavy atom. The summed E-state index contributed by atoms with van der Waals surface area (Å²) in [6.45, 7) is 0. The van der Waals surface area contributed by atoms with Crippen LogP contribution in [0.5, 0.6) is 11.5 Å². The molecule has 1 saturated carbocycles. The highest BCUT2D eigenvalue weighted by molar-refractivity contribution is 5.97. The van der Waals surface area contributed by atoms with Gasteiger partial charge in [0.1, 0.15) is 11.5 Å². The lowest BCUT2D eigenvalue weighted by Crippen LogP contribution is -2.38. The first-order chi connectivity index (χ1) is 9.10. The van der Waals surface area contributed by atoms with Crippen molar-refractivity contribution in [3.63, 3.8) is 0 Å². The number of hydrogen-bond donors (Lipinski definition) is 3. The molecule has 5 heteroatoms. The van der Waals surface area contributed by atoms with Gasteiger partial charge in [0.05, 0.1) is 18.8 Å². The van der Waals surface area contributed by atoms with Crippen molar-refractivity contribution in [2.45, 2.75) is 37.8 Å². The van der Waals surface area contributed by atoms with Crippen LogP contribution in [0.15, 0.2) is 18.2 Å². The lowest BCUT2D eigenvalue weighted by molar-refractivity contribution is 0.0865. The number of benzene rings is 1. The molecule has 0 bridgehead atoms. The summed E-state index contributed by atoms with van der Waals surface area (Å²) in [5, 5.41) is 22.1. The van der Waals surface area contributed by atoms with Crippen molar-refractivity contribution in [3.8, 4) is 11.5 Å². The molecule has 3 N–H and O–H groups in total. The molecule has 1 aliphatic carbocycles. The molecule has 0 radical (unpaired) electrons. The number of aliphatic hydroxyl groups excluding tert-OH is 1. The Balaban J connectivity index is 2.00. The zero-order valence-electron chi connectivity index (χ0n) is 10.9. The summed E-state index contributed by atoms with van der Waals surface area (Å²) in [5.41, 5.74) is 0.243. The van der Waals surface area contributed by atoms with E-state index in [0.29, 0.717) is 18.6 Å². The second-order valence-electron chi connectivity index (χ2n) is 4.86. The van der Waals surface area contributed by atoms with Crippen LogP contribution in [-0.2, 0) is 0 Å². The van der Waals surface area contributed by atoms with Gasteiger partial charge in [-0.3, -0.25) is 4.79 Å². The summed E-state index contributed by atoms with van der Waals surface area (Å²) < 4.78 is 4.97. The summed E-state index contributed by atoms with van der Waals surface area (Å²) >= 11 is 0. The summed E-state index contributed by atoms with van der Waals surface area (Å²) in [7, 11) is 1.50. The number of ether oxygens (including phenoxy) is 1. The molecule has 104 valence electrons. The minimum Gasteiger partial charge on any atom is -0.507 e. The molecule has 0 heterocycles. The average molecular weight is 265 g/mol. The van der Waals surface area contributed by atoms with Crippen molar-refractivity contribution in [2.75, 3.05) is 7.11 Å². The van der Waals surface area contributed by atoms with Crippen LogP contribution in [0, 0.1) is 0 Å². The zero-order valence-corrected chi connectivity index (χ0v) is 10.9. The Bertz CT molecular complexity index is 453. The number of hydrogen-bond acceptors (Lipinski definition) is 4. The number of phenols is 1. The summed E-state index contributed by atoms with van der Waals surface area (Å²) in [6.07, 6.45) is 2.70. The first kappa shape index (κ1) is 13.7. The van der Waals surface area contributed by atoms with Crippen LogP contribution < -0.4 is 10.1 Å². The van der Waals surface area contributed by atoms with Gasteiger partial charge >= 0.3 is 0 Å². The smallest absolute Gasteiger partial charge is 0.255 e. The molecule has 0 aromatic heterocycles. The van der Waals surface area contributed by atoms with Crippen LogP contribution in [0.4, 0.5) is 0 Å². The maximum Gasteiger partial charge on any atom is 0.255 e. The number of amides is 1. The molecular weight excluding hydrogens is 246 g/mol. The quantitative estimate of drug-likeness (QED) is 0.772. The minimum absolute atomic E-state index is 0.0670. The Morgan fingerprint density at radius 1 is 1.32 bits per heavy atom. The fraction of sp³-hybridized carbons (Fsp3) is 0.500. The van der Waals surface area contributed by atoms with E-state index in [0.717, 1.165) is 12.8 Å². The standard InChI is InChI=1S/C14H19NO4/c1-19-11-6-7-12(13(17)8-11)14(18)15-9-2-4-10(16)5-3-9/h6-10,16-17H,2-5H2,1H3,(H,15,18). The van der Waals surface area contributed by atoms with E-state index in [2.05, 4.69) is 5.32 Å². The van der Waals surface area contributed by atoms with Gasteiger partial charge in [-0.25, -0.2) is 0 Å². The Labute approximate surface area is 112 Å². The molecule has 1 aromatic rings. The monoisotopic (exact) mass is 265 g/mol. The summed E-state index contributed by atoms with van der Waals surface area (Å²) in [4.78, 5) is 12.0. The maximum atomic E-state index is 12.0. The van der Waals surface area contributed by atoms with E-state index in [9.17, 15) is 15.0 Å². The highest BCUT2D eigenvalue weighted by atomic mass is 16.5. The van der Waals surface area contributed by atoms with Gasteiger partial charge in [0, 0.05) is 12.1 Å². The van der Waals surface area contributed by atoms with E-state index in [1.54, 1.807) is 12.1 Å². The largest absolute Gasteiger partial charge is 0.507 e. The van der Waals surface area contributed by atoms with Gasteiger partial charge in [0.15, 0.2) is 0 Å². The molecule has 1 fully saturated rings. The minimum atomic E-state index is -0.290. The van der Waals surface area contributed by atoms with Gasteiger partial charge in [-0.15, -0.1) is 0 Å². The van der Waals surface area contributed by atoms with E-state index in [-0.39, 0.29) is 29.4 Å².